The number of Topliss-reactive ketones (excluding diaryl/α,β-unsaturated/α-hetero) is 1. The van der Waals surface area contributed by atoms with Crippen molar-refractivity contribution in [1.29, 1.82) is 0 Å². The molecular weight excluding hydrogens is 426 g/mol. The predicted molar refractivity (Wildman–Crippen MR) is 124 cm³/mol. The maximum absolute atomic E-state index is 12.5. The third-order valence-electron chi connectivity index (χ3n) is 6.83. The highest BCUT2D eigenvalue weighted by molar-refractivity contribution is 5.89. The summed E-state index contributed by atoms with van der Waals surface area (Å²) in [5.74, 6) is -1.41. The number of cyclic esters (lactones) is 1. The molecule has 0 amide bonds. The lowest BCUT2D eigenvalue weighted by Crippen LogP contribution is -2.56. The fourth-order valence-electron chi connectivity index (χ4n) is 5.03. The summed E-state index contributed by atoms with van der Waals surface area (Å²) in [7, 11) is 5.69. The Labute approximate surface area is 198 Å². The van der Waals surface area contributed by atoms with Crippen molar-refractivity contribution in [2.45, 2.75) is 104 Å². The quantitative estimate of drug-likeness (QED) is 0.473. The minimum absolute atomic E-state index is 0.0111. The van der Waals surface area contributed by atoms with Gasteiger partial charge < -0.3 is 28.6 Å². The Kier molecular flexibility index (Phi) is 8.77. The standard InChI is InChI=1S/C25H43NO7/c1-14(27)13-25(8,29-11)21(17(4)20-18(5)22(28)33-24(6,7)32-20)31-23-16(3)19(26(9)10)12-15(2)30-23/h15-17,19,21,23H,12-13H2,1-11H3/t15?,16?,17?,19?,21-,23+,25-/m1/s1. The fraction of sp³-hybridized carbons (Fsp3) is 0.840. The molecule has 8 heteroatoms. The second-order valence-electron chi connectivity index (χ2n) is 10.6. The third kappa shape index (κ3) is 6.35. The summed E-state index contributed by atoms with van der Waals surface area (Å²) in [6.07, 6.45) is -0.0849. The largest absolute Gasteiger partial charge is 0.456 e. The van der Waals surface area contributed by atoms with Crippen LogP contribution in [0.15, 0.2) is 11.3 Å². The molecule has 0 N–H and O–H groups in total. The van der Waals surface area contributed by atoms with Crippen molar-refractivity contribution < 1.29 is 33.3 Å². The zero-order valence-corrected chi connectivity index (χ0v) is 22.2. The van der Waals surface area contributed by atoms with Crippen LogP contribution in [0.3, 0.4) is 0 Å². The van der Waals surface area contributed by atoms with Crippen molar-refractivity contribution >= 4 is 11.8 Å². The molecule has 0 aromatic rings. The number of nitrogens with zero attached hydrogens (tertiary/aromatic N) is 1. The number of carbonyl (C=O) groups excluding carboxylic acids is 2. The van der Waals surface area contributed by atoms with Gasteiger partial charge in [-0.15, -0.1) is 0 Å². The summed E-state index contributed by atoms with van der Waals surface area (Å²) in [5, 5.41) is 0. The van der Waals surface area contributed by atoms with E-state index in [1.54, 1.807) is 27.9 Å². The predicted octanol–water partition coefficient (Wildman–Crippen LogP) is 3.68. The molecule has 2 heterocycles. The minimum atomic E-state index is -1.10. The lowest BCUT2D eigenvalue weighted by molar-refractivity contribution is -0.283. The molecule has 7 atom stereocenters. The number of carbonyl (C=O) groups is 2. The number of rotatable bonds is 9. The Hall–Kier alpha value is -1.48. The van der Waals surface area contributed by atoms with E-state index in [0.29, 0.717) is 11.3 Å². The van der Waals surface area contributed by atoms with Crippen molar-refractivity contribution in [2.24, 2.45) is 11.8 Å². The van der Waals surface area contributed by atoms with Crippen LogP contribution in [0.4, 0.5) is 0 Å². The van der Waals surface area contributed by atoms with E-state index in [9.17, 15) is 9.59 Å². The fourth-order valence-corrected chi connectivity index (χ4v) is 5.03. The Morgan fingerprint density at radius 2 is 1.88 bits per heavy atom. The summed E-state index contributed by atoms with van der Waals surface area (Å²) in [4.78, 5) is 26.9. The topological polar surface area (TPSA) is 83.5 Å². The van der Waals surface area contributed by atoms with Crippen molar-refractivity contribution in [1.82, 2.24) is 4.90 Å². The number of hydrogen-bond acceptors (Lipinski definition) is 8. The molecule has 2 rings (SSSR count). The first-order valence-electron chi connectivity index (χ1n) is 11.8. The Bertz CT molecular complexity index is 762. The number of ether oxygens (including phenoxy) is 5. The molecule has 2 aliphatic rings. The maximum Gasteiger partial charge on any atom is 0.340 e. The molecule has 1 saturated heterocycles. The van der Waals surface area contributed by atoms with E-state index in [1.165, 1.54) is 6.92 Å². The second-order valence-corrected chi connectivity index (χ2v) is 10.6. The van der Waals surface area contributed by atoms with Gasteiger partial charge in [-0.3, -0.25) is 4.79 Å². The van der Waals surface area contributed by atoms with Crippen LogP contribution in [0.2, 0.25) is 0 Å². The van der Waals surface area contributed by atoms with Gasteiger partial charge in [0.1, 0.15) is 11.5 Å². The van der Waals surface area contributed by atoms with E-state index in [2.05, 4.69) is 25.9 Å². The zero-order valence-electron chi connectivity index (χ0n) is 22.2. The van der Waals surface area contributed by atoms with Gasteiger partial charge in [0.2, 0.25) is 5.79 Å². The first kappa shape index (κ1) is 27.8. The Morgan fingerprint density at radius 3 is 2.39 bits per heavy atom. The molecule has 2 aliphatic heterocycles. The van der Waals surface area contributed by atoms with Crippen LogP contribution >= 0.6 is 0 Å². The highest BCUT2D eigenvalue weighted by Crippen LogP contribution is 2.40. The monoisotopic (exact) mass is 469 g/mol. The van der Waals surface area contributed by atoms with E-state index < -0.39 is 35.7 Å². The summed E-state index contributed by atoms with van der Waals surface area (Å²) < 4.78 is 30.3. The van der Waals surface area contributed by atoms with Crippen molar-refractivity contribution in [3.05, 3.63) is 11.3 Å². The first-order chi connectivity index (χ1) is 15.1. The van der Waals surface area contributed by atoms with E-state index >= 15 is 0 Å². The van der Waals surface area contributed by atoms with E-state index in [0.717, 1.165) is 6.42 Å². The maximum atomic E-state index is 12.5. The summed E-state index contributed by atoms with van der Waals surface area (Å²) >= 11 is 0. The van der Waals surface area contributed by atoms with Gasteiger partial charge in [-0.2, -0.15) is 0 Å². The minimum Gasteiger partial charge on any atom is -0.456 e. The summed E-state index contributed by atoms with van der Waals surface area (Å²) in [6, 6.07) is 0.275. The molecular formula is C25H43NO7. The summed E-state index contributed by atoms with van der Waals surface area (Å²) in [6.45, 7) is 14.5. The van der Waals surface area contributed by atoms with Crippen LogP contribution in [0.5, 0.6) is 0 Å². The number of esters is 1. The van der Waals surface area contributed by atoms with Crippen LogP contribution in [-0.4, -0.2) is 73.8 Å². The number of ketones is 1. The Morgan fingerprint density at radius 1 is 1.27 bits per heavy atom. The van der Waals surface area contributed by atoms with Crippen molar-refractivity contribution in [3.8, 4) is 0 Å². The van der Waals surface area contributed by atoms with E-state index in [4.69, 9.17) is 23.7 Å². The molecule has 8 nitrogen and oxygen atoms in total. The summed E-state index contributed by atoms with van der Waals surface area (Å²) in [5.41, 5.74) is -0.584. The zero-order chi connectivity index (χ0) is 25.3. The molecule has 4 unspecified atom stereocenters. The normalized spacial score (nSPS) is 31.5. The highest BCUT2D eigenvalue weighted by atomic mass is 16.7. The molecule has 0 saturated carbocycles. The molecule has 190 valence electrons. The van der Waals surface area contributed by atoms with Gasteiger partial charge in [-0.1, -0.05) is 13.8 Å². The van der Waals surface area contributed by atoms with Crippen LogP contribution in [0.25, 0.3) is 0 Å². The molecule has 0 radical (unpaired) electrons. The van der Waals surface area contributed by atoms with Crippen molar-refractivity contribution in [2.75, 3.05) is 21.2 Å². The van der Waals surface area contributed by atoms with Gasteiger partial charge in [0.15, 0.2) is 6.29 Å². The van der Waals surface area contributed by atoms with Crippen LogP contribution < -0.4 is 0 Å². The average Bonchev–Trinajstić information content (AvgIpc) is 2.69. The van der Waals surface area contributed by atoms with Gasteiger partial charge in [0.25, 0.3) is 0 Å². The smallest absolute Gasteiger partial charge is 0.340 e. The molecule has 0 aromatic carbocycles. The van der Waals surface area contributed by atoms with E-state index in [1.807, 2.05) is 20.8 Å². The van der Waals surface area contributed by atoms with E-state index in [-0.39, 0.29) is 30.3 Å². The van der Waals surface area contributed by atoms with Gasteiger partial charge in [-0.05, 0) is 48.2 Å². The van der Waals surface area contributed by atoms with Crippen LogP contribution in [0.1, 0.15) is 68.2 Å². The molecule has 1 fully saturated rings. The lowest BCUT2D eigenvalue weighted by atomic mass is 9.82. The number of methoxy groups -OCH3 is 1. The third-order valence-corrected chi connectivity index (χ3v) is 6.83. The van der Waals surface area contributed by atoms with Crippen molar-refractivity contribution in [3.63, 3.8) is 0 Å². The van der Waals surface area contributed by atoms with Crippen LogP contribution in [-0.2, 0) is 33.3 Å². The molecule has 0 aliphatic carbocycles. The van der Waals surface area contributed by atoms with Gasteiger partial charge in [-0.25, -0.2) is 4.79 Å². The SMILES string of the molecule is CO[C@](C)(CC(C)=O)[C@H](O[C@@H]1OC(C)CC(N(C)C)C1C)C(C)C1=C(C)C(=O)OC(C)(C)O1. The average molecular weight is 470 g/mol. The molecule has 33 heavy (non-hydrogen) atoms. The first-order valence-corrected chi connectivity index (χ1v) is 11.8. The van der Waals surface area contributed by atoms with Crippen LogP contribution in [0, 0.1) is 11.8 Å². The lowest BCUT2D eigenvalue weighted by Gasteiger charge is -2.47. The molecule has 0 bridgehead atoms. The van der Waals surface area contributed by atoms with Gasteiger partial charge >= 0.3 is 5.97 Å². The Balaban J connectivity index is 2.49. The van der Waals surface area contributed by atoms with Gasteiger partial charge in [0.05, 0.1) is 23.4 Å². The van der Waals surface area contributed by atoms with Gasteiger partial charge in [0, 0.05) is 45.3 Å². The number of hydrogen-bond donors (Lipinski definition) is 0. The highest BCUT2D eigenvalue weighted by Gasteiger charge is 2.48. The molecule has 0 aromatic heterocycles. The second kappa shape index (κ2) is 10.4. The molecule has 0 spiro atoms.